The van der Waals surface area contributed by atoms with Gasteiger partial charge < -0.3 is 4.74 Å². The average molecular weight is 203 g/mol. The van der Waals surface area contributed by atoms with Crippen molar-refractivity contribution >= 4 is 15.9 Å². The van der Waals surface area contributed by atoms with E-state index in [9.17, 15) is 0 Å². The SMILES string of the molecule is BrC[C@@H]1C[C@H]2C[C@@H]1[C@@H]1O[C@H]21. The lowest BCUT2D eigenvalue weighted by molar-refractivity contribution is 0.255. The Kier molecular flexibility index (Phi) is 1.07. The standard InChI is InChI=1S/C8H11BrO/c9-3-5-1-4-2-6(5)8-7(4)10-8/h4-8H,1-3H2/t4-,5-,6-,7+,8-/m0/s1. The van der Waals surface area contributed by atoms with Gasteiger partial charge in [0, 0.05) is 5.33 Å². The smallest absolute Gasteiger partial charge is 0.0875 e. The summed E-state index contributed by atoms with van der Waals surface area (Å²) in [4.78, 5) is 0. The Bertz CT molecular complexity index is 171. The molecule has 0 aromatic carbocycles. The summed E-state index contributed by atoms with van der Waals surface area (Å²) in [6.07, 6.45) is 4.30. The normalized spacial score (nSPS) is 62.7. The predicted molar refractivity (Wildman–Crippen MR) is 42.2 cm³/mol. The molecule has 3 rings (SSSR count). The summed E-state index contributed by atoms with van der Waals surface area (Å²) in [5.41, 5.74) is 0. The molecule has 1 nitrogen and oxygen atoms in total. The fraction of sp³-hybridized carbons (Fsp3) is 1.00. The second-order valence-corrected chi connectivity index (χ2v) is 4.52. The summed E-state index contributed by atoms with van der Waals surface area (Å²) in [6, 6.07) is 0. The number of fused-ring (bicyclic) bond motifs is 5. The molecule has 0 aromatic rings. The molecule has 0 unspecified atom stereocenters. The van der Waals surface area contributed by atoms with Crippen molar-refractivity contribution in [3.8, 4) is 0 Å². The highest BCUT2D eigenvalue weighted by Gasteiger charge is 2.62. The Morgan fingerprint density at radius 3 is 2.80 bits per heavy atom. The third kappa shape index (κ3) is 0.578. The molecule has 1 saturated heterocycles. The summed E-state index contributed by atoms with van der Waals surface area (Å²) in [6.45, 7) is 0. The monoisotopic (exact) mass is 202 g/mol. The largest absolute Gasteiger partial charge is 0.369 e. The van der Waals surface area contributed by atoms with Gasteiger partial charge in [0.1, 0.15) is 0 Å². The van der Waals surface area contributed by atoms with Gasteiger partial charge in [0.05, 0.1) is 12.2 Å². The van der Waals surface area contributed by atoms with Crippen LogP contribution in [0.25, 0.3) is 0 Å². The molecule has 0 spiro atoms. The first-order valence-corrected chi connectivity index (χ1v) is 5.23. The van der Waals surface area contributed by atoms with Gasteiger partial charge in [-0.05, 0) is 30.6 Å². The van der Waals surface area contributed by atoms with E-state index < -0.39 is 0 Å². The number of epoxide rings is 1. The van der Waals surface area contributed by atoms with Crippen molar-refractivity contribution in [3.05, 3.63) is 0 Å². The highest BCUT2D eigenvalue weighted by Crippen LogP contribution is 2.58. The minimum Gasteiger partial charge on any atom is -0.369 e. The van der Waals surface area contributed by atoms with Crippen molar-refractivity contribution in [3.63, 3.8) is 0 Å². The molecule has 56 valence electrons. The van der Waals surface area contributed by atoms with Crippen LogP contribution in [-0.2, 0) is 4.74 Å². The molecule has 10 heavy (non-hydrogen) atoms. The molecule has 2 heteroatoms. The Morgan fingerprint density at radius 2 is 2.20 bits per heavy atom. The van der Waals surface area contributed by atoms with E-state index in [1.54, 1.807) is 0 Å². The van der Waals surface area contributed by atoms with E-state index in [0.29, 0.717) is 12.2 Å². The van der Waals surface area contributed by atoms with Gasteiger partial charge in [-0.25, -0.2) is 0 Å². The summed E-state index contributed by atoms with van der Waals surface area (Å²) in [7, 11) is 0. The first-order valence-electron chi connectivity index (χ1n) is 4.11. The van der Waals surface area contributed by atoms with Gasteiger partial charge in [-0.3, -0.25) is 0 Å². The number of ether oxygens (including phenoxy) is 1. The van der Waals surface area contributed by atoms with E-state index in [1.165, 1.54) is 18.2 Å². The van der Waals surface area contributed by atoms with E-state index in [1.807, 2.05) is 0 Å². The summed E-state index contributed by atoms with van der Waals surface area (Å²) in [5.74, 6) is 2.81. The zero-order chi connectivity index (χ0) is 6.72. The number of alkyl halides is 1. The van der Waals surface area contributed by atoms with E-state index >= 15 is 0 Å². The van der Waals surface area contributed by atoms with Crippen molar-refractivity contribution in [1.82, 2.24) is 0 Å². The van der Waals surface area contributed by atoms with E-state index in [2.05, 4.69) is 15.9 Å². The first-order chi connectivity index (χ1) is 4.90. The van der Waals surface area contributed by atoms with Crippen molar-refractivity contribution in [2.45, 2.75) is 25.0 Å². The van der Waals surface area contributed by atoms with Crippen molar-refractivity contribution in [2.75, 3.05) is 5.33 Å². The number of halogens is 1. The summed E-state index contributed by atoms with van der Waals surface area (Å²) < 4.78 is 5.55. The molecule has 5 atom stereocenters. The second-order valence-electron chi connectivity index (χ2n) is 3.88. The highest BCUT2D eigenvalue weighted by atomic mass is 79.9. The Balaban J connectivity index is 1.85. The molecule has 0 radical (unpaired) electrons. The zero-order valence-electron chi connectivity index (χ0n) is 5.79. The minimum absolute atomic E-state index is 0.696. The molecule has 1 aliphatic heterocycles. The van der Waals surface area contributed by atoms with Gasteiger partial charge in [0.15, 0.2) is 0 Å². The van der Waals surface area contributed by atoms with Crippen LogP contribution in [0.3, 0.4) is 0 Å². The van der Waals surface area contributed by atoms with Crippen LogP contribution in [0.2, 0.25) is 0 Å². The van der Waals surface area contributed by atoms with Crippen LogP contribution in [0.4, 0.5) is 0 Å². The van der Waals surface area contributed by atoms with Crippen LogP contribution in [-0.4, -0.2) is 17.5 Å². The Hall–Kier alpha value is 0.440. The van der Waals surface area contributed by atoms with Crippen LogP contribution >= 0.6 is 15.9 Å². The molecular formula is C8H11BrO. The maximum Gasteiger partial charge on any atom is 0.0875 e. The maximum atomic E-state index is 5.55. The molecule has 3 fully saturated rings. The van der Waals surface area contributed by atoms with Gasteiger partial charge >= 0.3 is 0 Å². The molecular weight excluding hydrogens is 192 g/mol. The fourth-order valence-corrected chi connectivity index (χ4v) is 3.65. The lowest BCUT2D eigenvalue weighted by atomic mass is 9.91. The maximum absolute atomic E-state index is 5.55. The molecule has 0 aromatic heterocycles. The first kappa shape index (κ1) is 6.01. The molecule has 2 saturated carbocycles. The summed E-state index contributed by atoms with van der Waals surface area (Å²) >= 11 is 3.57. The van der Waals surface area contributed by atoms with Gasteiger partial charge in [-0.2, -0.15) is 0 Å². The van der Waals surface area contributed by atoms with E-state index in [0.717, 1.165) is 17.8 Å². The topological polar surface area (TPSA) is 12.5 Å². The van der Waals surface area contributed by atoms with Gasteiger partial charge in [-0.15, -0.1) is 0 Å². The lowest BCUT2D eigenvalue weighted by Gasteiger charge is -2.15. The average Bonchev–Trinajstić information content (AvgIpc) is 2.58. The van der Waals surface area contributed by atoms with Gasteiger partial charge in [0.2, 0.25) is 0 Å². The van der Waals surface area contributed by atoms with Crippen LogP contribution < -0.4 is 0 Å². The molecule has 2 bridgehead atoms. The third-order valence-corrected chi connectivity index (χ3v) is 4.26. The fourth-order valence-electron chi connectivity index (χ4n) is 2.91. The van der Waals surface area contributed by atoms with Crippen LogP contribution in [0.1, 0.15) is 12.8 Å². The van der Waals surface area contributed by atoms with Crippen LogP contribution in [0.5, 0.6) is 0 Å². The second kappa shape index (κ2) is 1.78. The van der Waals surface area contributed by atoms with Gasteiger partial charge in [-0.1, -0.05) is 15.9 Å². The van der Waals surface area contributed by atoms with Crippen LogP contribution in [0.15, 0.2) is 0 Å². The molecule has 3 aliphatic rings. The van der Waals surface area contributed by atoms with Crippen molar-refractivity contribution in [1.29, 1.82) is 0 Å². The predicted octanol–water partition coefficient (Wildman–Crippen LogP) is 1.80. The quantitative estimate of drug-likeness (QED) is 0.467. The van der Waals surface area contributed by atoms with Crippen molar-refractivity contribution < 1.29 is 4.74 Å². The van der Waals surface area contributed by atoms with E-state index in [4.69, 9.17) is 4.74 Å². The lowest BCUT2D eigenvalue weighted by Crippen LogP contribution is -2.18. The highest BCUT2D eigenvalue weighted by molar-refractivity contribution is 9.09. The van der Waals surface area contributed by atoms with Crippen molar-refractivity contribution in [2.24, 2.45) is 17.8 Å². The Labute approximate surface area is 69.3 Å². The number of hydrogen-bond acceptors (Lipinski definition) is 1. The molecule has 0 N–H and O–H groups in total. The zero-order valence-corrected chi connectivity index (χ0v) is 7.38. The van der Waals surface area contributed by atoms with Crippen LogP contribution in [0, 0.1) is 17.8 Å². The Morgan fingerprint density at radius 1 is 1.30 bits per heavy atom. The number of rotatable bonds is 1. The van der Waals surface area contributed by atoms with E-state index in [-0.39, 0.29) is 0 Å². The molecule has 1 heterocycles. The molecule has 2 aliphatic carbocycles. The summed E-state index contributed by atoms with van der Waals surface area (Å²) in [5, 5.41) is 1.20. The third-order valence-electron chi connectivity index (χ3n) is 3.43. The number of hydrogen-bond donors (Lipinski definition) is 0. The van der Waals surface area contributed by atoms with Gasteiger partial charge in [0.25, 0.3) is 0 Å². The molecule has 0 amide bonds. The minimum atomic E-state index is 0.696.